The smallest absolute Gasteiger partial charge is 0.255 e. The minimum absolute atomic E-state index is 0.143. The average molecular weight is 347 g/mol. The first-order valence-corrected chi connectivity index (χ1v) is 7.13. The van der Waals surface area contributed by atoms with Crippen LogP contribution in [-0.2, 0) is 4.84 Å². The number of hydrogen-bond acceptors (Lipinski definition) is 3. The molecule has 0 spiro atoms. The van der Waals surface area contributed by atoms with Gasteiger partial charge in [-0.25, -0.2) is 0 Å². The summed E-state index contributed by atoms with van der Waals surface area (Å²) in [6, 6.07) is 12.8. The molecule has 5 heteroatoms. The van der Waals surface area contributed by atoms with E-state index in [1.165, 1.54) is 7.11 Å². The molecule has 2 rings (SSSR count). The third kappa shape index (κ3) is 4.16. The summed E-state index contributed by atoms with van der Waals surface area (Å²) >= 11 is 3.40. The van der Waals surface area contributed by atoms with Gasteiger partial charge in [-0.2, -0.15) is 0 Å². The van der Waals surface area contributed by atoms with Gasteiger partial charge >= 0.3 is 0 Å². The summed E-state index contributed by atoms with van der Waals surface area (Å²) < 4.78 is 0.986. The molecule has 2 aromatic carbocycles. The third-order valence-corrected chi connectivity index (χ3v) is 3.41. The van der Waals surface area contributed by atoms with Crippen molar-refractivity contribution in [3.05, 3.63) is 63.6 Å². The lowest BCUT2D eigenvalue weighted by Gasteiger charge is -2.09. The van der Waals surface area contributed by atoms with E-state index < -0.39 is 0 Å². The minimum Gasteiger partial charge on any atom is -0.399 e. The number of carbonyl (C=O) groups excluding carboxylic acids is 1. The van der Waals surface area contributed by atoms with Crippen molar-refractivity contribution >= 4 is 33.7 Å². The van der Waals surface area contributed by atoms with E-state index in [9.17, 15) is 4.79 Å². The van der Waals surface area contributed by atoms with Crippen molar-refractivity contribution in [2.24, 2.45) is 5.16 Å². The Morgan fingerprint density at radius 1 is 1.24 bits per heavy atom. The molecule has 1 amide bonds. The van der Waals surface area contributed by atoms with Gasteiger partial charge in [-0.3, -0.25) is 4.79 Å². The van der Waals surface area contributed by atoms with Gasteiger partial charge in [0.05, 0.1) is 6.21 Å². The Balaban J connectivity index is 2.11. The van der Waals surface area contributed by atoms with Crippen LogP contribution < -0.4 is 5.32 Å². The van der Waals surface area contributed by atoms with Gasteiger partial charge in [0.1, 0.15) is 7.11 Å². The maximum Gasteiger partial charge on any atom is 0.255 e. The molecule has 0 aromatic heterocycles. The highest BCUT2D eigenvalue weighted by atomic mass is 79.9. The molecule has 0 aliphatic heterocycles. The van der Waals surface area contributed by atoms with Crippen molar-refractivity contribution in [3.63, 3.8) is 0 Å². The fourth-order valence-corrected chi connectivity index (χ4v) is 2.27. The van der Waals surface area contributed by atoms with Crippen LogP contribution in [0.5, 0.6) is 0 Å². The van der Waals surface area contributed by atoms with Crippen molar-refractivity contribution < 1.29 is 9.63 Å². The predicted octanol–water partition coefficient (Wildman–Crippen LogP) is 3.99. The van der Waals surface area contributed by atoms with Gasteiger partial charge in [0.15, 0.2) is 0 Å². The molecule has 0 aliphatic rings. The fourth-order valence-electron chi connectivity index (χ4n) is 1.80. The zero-order chi connectivity index (χ0) is 15.2. The summed E-state index contributed by atoms with van der Waals surface area (Å²) in [7, 11) is 1.48. The molecule has 0 saturated heterocycles. The molecular weight excluding hydrogens is 332 g/mol. The summed E-state index contributed by atoms with van der Waals surface area (Å²) in [5.41, 5.74) is 3.26. The molecule has 0 heterocycles. The van der Waals surface area contributed by atoms with Crippen LogP contribution in [0.3, 0.4) is 0 Å². The van der Waals surface area contributed by atoms with E-state index in [0.29, 0.717) is 5.56 Å². The zero-order valence-corrected chi connectivity index (χ0v) is 13.3. The molecule has 0 fully saturated rings. The molecular formula is C16H15BrN2O2. The first-order chi connectivity index (χ1) is 10.1. The Bertz CT molecular complexity index is 666. The van der Waals surface area contributed by atoms with Crippen LogP contribution in [-0.4, -0.2) is 19.2 Å². The van der Waals surface area contributed by atoms with Crippen molar-refractivity contribution in [3.8, 4) is 0 Å². The van der Waals surface area contributed by atoms with Crippen LogP contribution in [0.2, 0.25) is 0 Å². The molecule has 1 N–H and O–H groups in total. The molecule has 0 unspecified atom stereocenters. The van der Waals surface area contributed by atoms with Gasteiger partial charge in [-0.1, -0.05) is 33.2 Å². The summed E-state index contributed by atoms with van der Waals surface area (Å²) in [5, 5.41) is 6.57. The normalized spacial score (nSPS) is 10.6. The molecule has 0 aliphatic carbocycles. The van der Waals surface area contributed by atoms with E-state index in [1.807, 2.05) is 37.3 Å². The molecule has 0 atom stereocenters. The molecule has 0 bridgehead atoms. The number of nitrogens with zero attached hydrogens (tertiary/aromatic N) is 1. The number of nitrogens with one attached hydrogen (secondary N) is 1. The average Bonchev–Trinajstić information content (AvgIpc) is 2.48. The summed E-state index contributed by atoms with van der Waals surface area (Å²) in [4.78, 5) is 16.8. The van der Waals surface area contributed by atoms with E-state index in [4.69, 9.17) is 0 Å². The lowest BCUT2D eigenvalue weighted by atomic mass is 10.1. The highest BCUT2D eigenvalue weighted by molar-refractivity contribution is 9.10. The molecule has 108 valence electrons. The van der Waals surface area contributed by atoms with Crippen LogP contribution in [0.15, 0.2) is 52.1 Å². The summed E-state index contributed by atoms with van der Waals surface area (Å²) in [6.45, 7) is 1.95. The van der Waals surface area contributed by atoms with Gasteiger partial charge in [-0.05, 0) is 48.4 Å². The first kappa shape index (κ1) is 15.3. The quantitative estimate of drug-likeness (QED) is 0.672. The van der Waals surface area contributed by atoms with E-state index in [-0.39, 0.29) is 5.91 Å². The van der Waals surface area contributed by atoms with Gasteiger partial charge in [0, 0.05) is 15.7 Å². The number of carbonyl (C=O) groups is 1. The Morgan fingerprint density at radius 3 is 2.57 bits per heavy atom. The van der Waals surface area contributed by atoms with Crippen molar-refractivity contribution in [1.29, 1.82) is 0 Å². The van der Waals surface area contributed by atoms with E-state index >= 15 is 0 Å². The van der Waals surface area contributed by atoms with E-state index in [0.717, 1.165) is 21.3 Å². The Kier molecular flexibility index (Phi) is 5.11. The van der Waals surface area contributed by atoms with Gasteiger partial charge in [0.2, 0.25) is 0 Å². The number of aryl methyl sites for hydroxylation is 1. The van der Waals surface area contributed by atoms with Gasteiger partial charge < -0.3 is 10.2 Å². The zero-order valence-electron chi connectivity index (χ0n) is 11.8. The lowest BCUT2D eigenvalue weighted by Crippen LogP contribution is -2.12. The van der Waals surface area contributed by atoms with Crippen LogP contribution in [0.25, 0.3) is 0 Å². The van der Waals surface area contributed by atoms with Crippen molar-refractivity contribution in [2.45, 2.75) is 6.92 Å². The second-order valence-electron chi connectivity index (χ2n) is 4.45. The number of rotatable bonds is 4. The minimum atomic E-state index is -0.143. The van der Waals surface area contributed by atoms with Crippen LogP contribution in [0.1, 0.15) is 21.5 Å². The number of amides is 1. The molecule has 4 nitrogen and oxygen atoms in total. The number of hydrogen-bond donors (Lipinski definition) is 1. The number of anilines is 1. The van der Waals surface area contributed by atoms with Gasteiger partial charge in [-0.15, -0.1) is 0 Å². The summed E-state index contributed by atoms with van der Waals surface area (Å²) in [5.74, 6) is -0.143. The molecule has 0 saturated carbocycles. The standard InChI is InChI=1S/C16H15BrN2O2/c1-11-9-14(17)7-8-15(11)19-16(20)13-5-3-12(4-6-13)10-18-21-2/h3-10H,1-2H3,(H,19,20)/b18-10+. The molecule has 2 aromatic rings. The Hall–Kier alpha value is -2.14. The Morgan fingerprint density at radius 2 is 1.95 bits per heavy atom. The number of oxime groups is 1. The highest BCUT2D eigenvalue weighted by Crippen LogP contribution is 2.20. The highest BCUT2D eigenvalue weighted by Gasteiger charge is 2.07. The SMILES string of the molecule is CO/N=C/c1ccc(C(=O)Nc2ccc(Br)cc2C)cc1. The van der Waals surface area contributed by atoms with Crippen LogP contribution >= 0.6 is 15.9 Å². The lowest BCUT2D eigenvalue weighted by molar-refractivity contribution is 0.102. The second kappa shape index (κ2) is 7.04. The molecule has 21 heavy (non-hydrogen) atoms. The first-order valence-electron chi connectivity index (χ1n) is 6.34. The number of halogens is 1. The van der Waals surface area contributed by atoms with Crippen molar-refractivity contribution in [1.82, 2.24) is 0 Å². The summed E-state index contributed by atoms with van der Waals surface area (Å²) in [6.07, 6.45) is 1.58. The predicted molar refractivity (Wildman–Crippen MR) is 87.9 cm³/mol. The fraction of sp³-hybridized carbons (Fsp3) is 0.125. The third-order valence-electron chi connectivity index (χ3n) is 2.92. The maximum atomic E-state index is 12.2. The Labute approximate surface area is 131 Å². The molecule has 0 radical (unpaired) electrons. The van der Waals surface area contributed by atoms with E-state index in [1.54, 1.807) is 18.3 Å². The number of benzene rings is 2. The largest absolute Gasteiger partial charge is 0.399 e. The van der Waals surface area contributed by atoms with Crippen molar-refractivity contribution in [2.75, 3.05) is 12.4 Å². The second-order valence-corrected chi connectivity index (χ2v) is 5.37. The monoisotopic (exact) mass is 346 g/mol. The van der Waals surface area contributed by atoms with Crippen LogP contribution in [0, 0.1) is 6.92 Å². The maximum absolute atomic E-state index is 12.2. The van der Waals surface area contributed by atoms with E-state index in [2.05, 4.69) is 31.2 Å². The van der Waals surface area contributed by atoms with Gasteiger partial charge in [0.25, 0.3) is 5.91 Å². The topological polar surface area (TPSA) is 50.7 Å². The van der Waals surface area contributed by atoms with Crippen LogP contribution in [0.4, 0.5) is 5.69 Å².